The first-order chi connectivity index (χ1) is 13.0. The Hall–Kier alpha value is -3.33. The minimum absolute atomic E-state index is 0.151. The van der Waals surface area contributed by atoms with Crippen LogP contribution < -0.4 is 0 Å². The molecule has 0 atom stereocenters. The molecule has 0 aliphatic heterocycles. The number of aromatic hydroxyl groups is 1. The zero-order valence-corrected chi connectivity index (χ0v) is 15.8. The van der Waals surface area contributed by atoms with Crippen LogP contribution >= 0.6 is 0 Å². The highest BCUT2D eigenvalue weighted by Crippen LogP contribution is 2.40. The van der Waals surface area contributed by atoms with E-state index in [2.05, 4.69) is 38.1 Å². The van der Waals surface area contributed by atoms with E-state index in [4.69, 9.17) is 5.10 Å². The van der Waals surface area contributed by atoms with Crippen LogP contribution in [0.1, 0.15) is 16.7 Å². The summed E-state index contributed by atoms with van der Waals surface area (Å²) in [5.41, 5.74) is 7.84. The molecular weight excluding hydrogens is 332 g/mol. The zero-order valence-electron chi connectivity index (χ0n) is 15.8. The summed E-state index contributed by atoms with van der Waals surface area (Å²) < 4.78 is 1.61. The van der Waals surface area contributed by atoms with Crippen molar-refractivity contribution in [2.75, 3.05) is 0 Å². The summed E-state index contributed by atoms with van der Waals surface area (Å²) in [5.74, 6) is 0.151. The van der Waals surface area contributed by atoms with Gasteiger partial charge in [0.1, 0.15) is 5.69 Å². The van der Waals surface area contributed by atoms with E-state index in [1.165, 1.54) is 16.7 Å². The van der Waals surface area contributed by atoms with Crippen molar-refractivity contribution in [1.82, 2.24) is 9.78 Å². The topological polar surface area (TPSA) is 38.0 Å². The normalized spacial score (nSPS) is 10.9. The molecule has 27 heavy (non-hydrogen) atoms. The fraction of sp³-hybridized carbons (Fsp3) is 0.125. The summed E-state index contributed by atoms with van der Waals surface area (Å²) >= 11 is 0. The van der Waals surface area contributed by atoms with Crippen LogP contribution in [0.25, 0.3) is 28.1 Å². The Morgan fingerprint density at radius 2 is 1.07 bits per heavy atom. The third kappa shape index (κ3) is 3.24. The highest BCUT2D eigenvalue weighted by Gasteiger charge is 2.21. The van der Waals surface area contributed by atoms with Gasteiger partial charge in [0, 0.05) is 5.56 Å². The minimum Gasteiger partial charge on any atom is -0.493 e. The summed E-state index contributed by atoms with van der Waals surface area (Å²) in [5, 5.41) is 15.8. The first kappa shape index (κ1) is 17.1. The van der Waals surface area contributed by atoms with Crippen molar-refractivity contribution in [1.29, 1.82) is 0 Å². The summed E-state index contributed by atoms with van der Waals surface area (Å²) in [4.78, 5) is 0. The molecule has 4 rings (SSSR count). The molecular formula is C24H22N2O. The Kier molecular flexibility index (Phi) is 4.28. The number of nitrogens with zero attached hydrogens (tertiary/aromatic N) is 2. The standard InChI is InChI=1S/C24H22N2O/c1-16-4-10-19(11-5-16)22-23(20-12-6-17(2)7-13-20)25-26(24(22)27)21-14-8-18(3)9-15-21/h4-15,27H,1-3H3. The van der Waals surface area contributed by atoms with Gasteiger partial charge in [0.05, 0.1) is 11.3 Å². The van der Waals surface area contributed by atoms with Crippen LogP contribution in [0.15, 0.2) is 72.8 Å². The van der Waals surface area contributed by atoms with Crippen molar-refractivity contribution < 1.29 is 5.11 Å². The van der Waals surface area contributed by atoms with E-state index in [0.29, 0.717) is 0 Å². The highest BCUT2D eigenvalue weighted by molar-refractivity contribution is 5.85. The number of hydrogen-bond donors (Lipinski definition) is 1. The van der Waals surface area contributed by atoms with Gasteiger partial charge in [-0.2, -0.15) is 5.10 Å². The average molecular weight is 354 g/mol. The molecule has 3 aromatic carbocycles. The summed E-state index contributed by atoms with van der Waals surface area (Å²) in [6.07, 6.45) is 0. The Morgan fingerprint density at radius 3 is 1.59 bits per heavy atom. The van der Waals surface area contributed by atoms with E-state index in [1.807, 2.05) is 55.5 Å². The van der Waals surface area contributed by atoms with Gasteiger partial charge in [-0.1, -0.05) is 77.4 Å². The Balaban J connectivity index is 1.95. The Morgan fingerprint density at radius 1 is 0.630 bits per heavy atom. The van der Waals surface area contributed by atoms with Crippen LogP contribution in [0.4, 0.5) is 0 Å². The molecule has 134 valence electrons. The van der Waals surface area contributed by atoms with E-state index in [1.54, 1.807) is 4.68 Å². The molecule has 3 heteroatoms. The summed E-state index contributed by atoms with van der Waals surface area (Å²) in [7, 11) is 0. The fourth-order valence-corrected chi connectivity index (χ4v) is 3.17. The molecule has 1 heterocycles. The van der Waals surface area contributed by atoms with Crippen molar-refractivity contribution in [2.24, 2.45) is 0 Å². The van der Waals surface area contributed by atoms with E-state index >= 15 is 0 Å². The van der Waals surface area contributed by atoms with Crippen molar-refractivity contribution in [3.8, 4) is 34.0 Å². The van der Waals surface area contributed by atoms with E-state index < -0.39 is 0 Å². The largest absolute Gasteiger partial charge is 0.493 e. The number of aryl methyl sites for hydroxylation is 3. The number of hydrogen-bond acceptors (Lipinski definition) is 2. The Bertz CT molecular complexity index is 1070. The molecule has 0 aliphatic rings. The molecule has 0 amide bonds. The second-order valence-corrected chi connectivity index (χ2v) is 7.03. The van der Waals surface area contributed by atoms with Crippen LogP contribution in [0.2, 0.25) is 0 Å². The van der Waals surface area contributed by atoms with Gasteiger partial charge >= 0.3 is 0 Å². The van der Waals surface area contributed by atoms with Gasteiger partial charge in [-0.3, -0.25) is 0 Å². The maximum absolute atomic E-state index is 11.1. The van der Waals surface area contributed by atoms with Crippen molar-refractivity contribution in [3.63, 3.8) is 0 Å². The third-order valence-electron chi connectivity index (χ3n) is 4.80. The molecule has 0 saturated carbocycles. The smallest absolute Gasteiger partial charge is 0.222 e. The third-order valence-corrected chi connectivity index (χ3v) is 4.80. The highest BCUT2D eigenvalue weighted by atomic mass is 16.3. The fourth-order valence-electron chi connectivity index (χ4n) is 3.17. The van der Waals surface area contributed by atoms with Crippen LogP contribution in [-0.2, 0) is 0 Å². The van der Waals surface area contributed by atoms with Crippen LogP contribution in [-0.4, -0.2) is 14.9 Å². The molecule has 3 nitrogen and oxygen atoms in total. The molecule has 0 radical (unpaired) electrons. The van der Waals surface area contributed by atoms with E-state index in [-0.39, 0.29) is 5.88 Å². The van der Waals surface area contributed by atoms with Crippen molar-refractivity contribution >= 4 is 0 Å². The van der Waals surface area contributed by atoms with Gasteiger partial charge in [-0.05, 0) is 38.5 Å². The van der Waals surface area contributed by atoms with Crippen LogP contribution in [0, 0.1) is 20.8 Å². The van der Waals surface area contributed by atoms with Crippen LogP contribution in [0.3, 0.4) is 0 Å². The first-order valence-corrected chi connectivity index (χ1v) is 9.06. The molecule has 4 aromatic rings. The van der Waals surface area contributed by atoms with Gasteiger partial charge < -0.3 is 5.11 Å². The van der Waals surface area contributed by atoms with Gasteiger partial charge in [0.2, 0.25) is 5.88 Å². The lowest BCUT2D eigenvalue weighted by Crippen LogP contribution is -1.96. The predicted octanol–water partition coefficient (Wildman–Crippen LogP) is 5.84. The number of rotatable bonds is 3. The molecule has 1 aromatic heterocycles. The van der Waals surface area contributed by atoms with Crippen molar-refractivity contribution in [2.45, 2.75) is 20.8 Å². The average Bonchev–Trinajstić information content (AvgIpc) is 3.01. The van der Waals surface area contributed by atoms with Crippen molar-refractivity contribution in [3.05, 3.63) is 89.5 Å². The lowest BCUT2D eigenvalue weighted by atomic mass is 10.00. The molecule has 0 bridgehead atoms. The van der Waals surface area contributed by atoms with Crippen LogP contribution in [0.5, 0.6) is 5.88 Å². The molecule has 0 saturated heterocycles. The molecule has 0 fully saturated rings. The maximum atomic E-state index is 11.1. The molecule has 1 N–H and O–H groups in total. The second kappa shape index (κ2) is 6.76. The van der Waals surface area contributed by atoms with E-state index in [0.717, 1.165) is 28.1 Å². The van der Waals surface area contributed by atoms with Gasteiger partial charge in [-0.15, -0.1) is 0 Å². The molecule has 0 aliphatic carbocycles. The zero-order chi connectivity index (χ0) is 19.0. The monoisotopic (exact) mass is 354 g/mol. The SMILES string of the molecule is Cc1ccc(-c2nn(-c3ccc(C)cc3)c(O)c2-c2ccc(C)cc2)cc1. The van der Waals surface area contributed by atoms with Gasteiger partial charge in [-0.25, -0.2) is 4.68 Å². The quantitative estimate of drug-likeness (QED) is 0.502. The maximum Gasteiger partial charge on any atom is 0.222 e. The molecule has 0 spiro atoms. The first-order valence-electron chi connectivity index (χ1n) is 9.06. The van der Waals surface area contributed by atoms with Gasteiger partial charge in [0.15, 0.2) is 0 Å². The predicted molar refractivity (Wildman–Crippen MR) is 110 cm³/mol. The lowest BCUT2D eigenvalue weighted by molar-refractivity contribution is 0.435. The number of aromatic nitrogens is 2. The molecule has 0 unspecified atom stereocenters. The summed E-state index contributed by atoms with van der Waals surface area (Å²) in [6, 6.07) is 24.4. The lowest BCUT2D eigenvalue weighted by Gasteiger charge is -2.05. The summed E-state index contributed by atoms with van der Waals surface area (Å²) in [6.45, 7) is 6.16. The number of benzene rings is 3. The van der Waals surface area contributed by atoms with Gasteiger partial charge in [0.25, 0.3) is 0 Å². The Labute approximate surface area is 159 Å². The van der Waals surface area contributed by atoms with E-state index in [9.17, 15) is 5.11 Å². The second-order valence-electron chi connectivity index (χ2n) is 7.03. The minimum atomic E-state index is 0.151.